The van der Waals surface area contributed by atoms with Gasteiger partial charge in [-0.3, -0.25) is 4.79 Å². The number of nitrogens with one attached hydrogen (secondary N) is 1. The number of rotatable bonds is 6. The summed E-state index contributed by atoms with van der Waals surface area (Å²) in [7, 11) is 1.78. The van der Waals surface area contributed by atoms with Gasteiger partial charge >= 0.3 is 6.03 Å². The fourth-order valence-electron chi connectivity index (χ4n) is 5.14. The Morgan fingerprint density at radius 3 is 2.79 bits per heavy atom. The van der Waals surface area contributed by atoms with Gasteiger partial charge in [-0.25, -0.2) is 9.78 Å². The second kappa shape index (κ2) is 10.8. The third-order valence-electron chi connectivity index (χ3n) is 7.42. The number of aromatic nitrogens is 1. The molecule has 0 radical (unpaired) electrons. The van der Waals surface area contributed by atoms with Crippen LogP contribution in [-0.4, -0.2) is 76.8 Å². The minimum atomic E-state index is -0.344. The molecule has 4 rings (SSSR count). The van der Waals surface area contributed by atoms with Gasteiger partial charge in [0, 0.05) is 31.7 Å². The molecule has 3 amide bonds. The number of hydrogen-bond acceptors (Lipinski definition) is 5. The third-order valence-corrected chi connectivity index (χ3v) is 7.42. The lowest BCUT2D eigenvalue weighted by molar-refractivity contribution is 0.0351. The zero-order valence-corrected chi connectivity index (χ0v) is 20.6. The van der Waals surface area contributed by atoms with E-state index in [9.17, 15) is 14.7 Å². The number of fused-ring (bicyclic) bond motifs is 1. The van der Waals surface area contributed by atoms with Crippen LogP contribution in [-0.2, 0) is 0 Å². The summed E-state index contributed by atoms with van der Waals surface area (Å²) in [5, 5.41) is 13.0. The van der Waals surface area contributed by atoms with Crippen molar-refractivity contribution in [1.29, 1.82) is 0 Å². The first-order valence-corrected chi connectivity index (χ1v) is 12.7. The van der Waals surface area contributed by atoms with E-state index in [1.54, 1.807) is 23.0 Å². The number of aliphatic hydroxyl groups is 1. The van der Waals surface area contributed by atoms with Gasteiger partial charge in [0.25, 0.3) is 5.91 Å². The van der Waals surface area contributed by atoms with E-state index in [1.807, 2.05) is 19.9 Å². The maximum atomic E-state index is 13.5. The number of carbonyl (C=O) groups excluding carboxylic acids is 2. The van der Waals surface area contributed by atoms with E-state index in [4.69, 9.17) is 4.74 Å². The maximum Gasteiger partial charge on any atom is 0.317 e. The van der Waals surface area contributed by atoms with Crippen LogP contribution >= 0.6 is 0 Å². The molecule has 8 heteroatoms. The zero-order chi connectivity index (χ0) is 24.2. The summed E-state index contributed by atoms with van der Waals surface area (Å²) >= 11 is 0. The van der Waals surface area contributed by atoms with Gasteiger partial charge < -0.3 is 25.0 Å². The van der Waals surface area contributed by atoms with Gasteiger partial charge in [0.15, 0.2) is 0 Å². The summed E-state index contributed by atoms with van der Waals surface area (Å²) in [5.41, 5.74) is 2.57. The van der Waals surface area contributed by atoms with Crippen molar-refractivity contribution in [3.05, 3.63) is 29.5 Å². The highest BCUT2D eigenvalue weighted by Crippen LogP contribution is 2.32. The number of aliphatic hydroxyl groups excluding tert-OH is 1. The summed E-state index contributed by atoms with van der Waals surface area (Å²) in [4.78, 5) is 34.3. The highest BCUT2D eigenvalue weighted by molar-refractivity contribution is 5.97. The fraction of sp³-hybridized carbons (Fsp3) is 0.654. The van der Waals surface area contributed by atoms with E-state index < -0.39 is 0 Å². The van der Waals surface area contributed by atoms with Crippen molar-refractivity contribution in [2.45, 2.75) is 77.0 Å². The van der Waals surface area contributed by atoms with E-state index in [-0.39, 0.29) is 42.7 Å². The molecule has 8 nitrogen and oxygen atoms in total. The Hall–Kier alpha value is -2.61. The topological polar surface area (TPSA) is 95.0 Å². The molecular weight excluding hydrogens is 432 g/mol. The molecule has 0 bridgehead atoms. The molecule has 0 aromatic carbocycles. The van der Waals surface area contributed by atoms with Crippen molar-refractivity contribution in [2.24, 2.45) is 5.92 Å². The largest absolute Gasteiger partial charge is 0.472 e. The maximum absolute atomic E-state index is 13.5. The van der Waals surface area contributed by atoms with Crippen molar-refractivity contribution in [1.82, 2.24) is 20.1 Å². The number of ether oxygens (including phenoxy) is 1. The van der Waals surface area contributed by atoms with Crippen LogP contribution in [0, 0.1) is 5.92 Å². The Morgan fingerprint density at radius 1 is 1.35 bits per heavy atom. The van der Waals surface area contributed by atoms with Crippen molar-refractivity contribution in [3.63, 3.8) is 0 Å². The van der Waals surface area contributed by atoms with Crippen LogP contribution in [0.2, 0.25) is 0 Å². The van der Waals surface area contributed by atoms with Gasteiger partial charge in [0.05, 0.1) is 19.2 Å². The molecule has 34 heavy (non-hydrogen) atoms. The number of amides is 3. The van der Waals surface area contributed by atoms with Gasteiger partial charge in [0.1, 0.15) is 11.7 Å². The van der Waals surface area contributed by atoms with Crippen LogP contribution in [0.15, 0.2) is 18.3 Å². The average Bonchev–Trinajstić information content (AvgIpc) is 3.55. The fourth-order valence-corrected chi connectivity index (χ4v) is 5.14. The first kappa shape index (κ1) is 24.5. The molecule has 1 saturated carbocycles. The van der Waals surface area contributed by atoms with Gasteiger partial charge in [0.2, 0.25) is 5.88 Å². The lowest BCUT2D eigenvalue weighted by Crippen LogP contribution is -2.52. The molecule has 1 fully saturated rings. The molecule has 0 saturated heterocycles. The lowest BCUT2D eigenvalue weighted by atomic mass is 9.99. The van der Waals surface area contributed by atoms with Gasteiger partial charge in [-0.2, -0.15) is 0 Å². The molecule has 3 atom stereocenters. The zero-order valence-electron chi connectivity index (χ0n) is 20.6. The lowest BCUT2D eigenvalue weighted by Gasteiger charge is -2.37. The summed E-state index contributed by atoms with van der Waals surface area (Å²) in [5.74, 6) is 0.0533. The average molecular weight is 471 g/mol. The molecule has 1 aliphatic heterocycles. The van der Waals surface area contributed by atoms with Gasteiger partial charge in [-0.1, -0.05) is 25.8 Å². The Kier molecular flexibility index (Phi) is 7.76. The molecular formula is C26H38N4O4. The van der Waals surface area contributed by atoms with E-state index >= 15 is 0 Å². The summed E-state index contributed by atoms with van der Waals surface area (Å²) in [6.45, 7) is 4.54. The molecule has 186 valence electrons. The first-order chi connectivity index (χ1) is 16.4. The second-order valence-electron chi connectivity index (χ2n) is 10.1. The minimum absolute atomic E-state index is 0.0631. The van der Waals surface area contributed by atoms with Crippen LogP contribution in [0.5, 0.6) is 5.88 Å². The minimum Gasteiger partial charge on any atom is -0.472 e. The van der Waals surface area contributed by atoms with Crippen LogP contribution in [0.1, 0.15) is 74.7 Å². The number of urea groups is 1. The normalized spacial score (nSPS) is 24.1. The number of hydrogen-bond donors (Lipinski definition) is 2. The van der Waals surface area contributed by atoms with Crippen molar-refractivity contribution in [3.8, 4) is 5.88 Å². The third kappa shape index (κ3) is 5.37. The van der Waals surface area contributed by atoms with Crippen molar-refractivity contribution in [2.75, 3.05) is 26.7 Å². The van der Waals surface area contributed by atoms with E-state index in [2.05, 4.69) is 16.4 Å². The van der Waals surface area contributed by atoms with E-state index in [0.717, 1.165) is 50.5 Å². The van der Waals surface area contributed by atoms with Crippen LogP contribution in [0.3, 0.4) is 0 Å². The smallest absolute Gasteiger partial charge is 0.317 e. The number of nitrogens with zero attached hydrogens (tertiary/aromatic N) is 3. The molecule has 1 aromatic heterocycles. The Bertz CT molecular complexity index is 927. The Morgan fingerprint density at radius 2 is 2.12 bits per heavy atom. The molecule has 3 aliphatic rings. The standard InChI is InChI=1S/C26H38N4O4/c1-17-14-30(18(2)16-31)25(32)22-12-20(19-8-4-5-9-19)13-27-24(22)34-23(17)15-29(3)26(33)28-21-10-6-7-11-21/h8,12-13,17-18,21,23,31H,4-7,9-11,14-16H2,1-3H3,(H,28,33)/t17-,18-,23+/m0/s1. The van der Waals surface area contributed by atoms with Crippen LogP contribution in [0.4, 0.5) is 4.79 Å². The molecule has 2 heterocycles. The number of allylic oxidation sites excluding steroid dienone is 2. The highest BCUT2D eigenvalue weighted by Gasteiger charge is 2.35. The molecule has 0 unspecified atom stereocenters. The number of pyridine rings is 1. The second-order valence-corrected chi connectivity index (χ2v) is 10.1. The quantitative estimate of drug-likeness (QED) is 0.664. The summed E-state index contributed by atoms with van der Waals surface area (Å²) in [6.07, 6.45) is 11.1. The van der Waals surface area contributed by atoms with E-state index in [0.29, 0.717) is 24.5 Å². The molecule has 0 spiro atoms. The predicted molar refractivity (Wildman–Crippen MR) is 131 cm³/mol. The molecule has 2 N–H and O–H groups in total. The monoisotopic (exact) mass is 470 g/mol. The van der Waals surface area contributed by atoms with Crippen molar-refractivity contribution >= 4 is 17.5 Å². The molecule has 2 aliphatic carbocycles. The van der Waals surface area contributed by atoms with Crippen LogP contribution < -0.4 is 10.1 Å². The molecule has 1 aromatic rings. The number of carbonyl (C=O) groups is 2. The van der Waals surface area contributed by atoms with Crippen LogP contribution in [0.25, 0.3) is 5.57 Å². The first-order valence-electron chi connectivity index (χ1n) is 12.7. The summed E-state index contributed by atoms with van der Waals surface area (Å²) in [6, 6.07) is 1.69. The number of likely N-dealkylation sites (N-methyl/N-ethyl adjacent to an activating group) is 1. The van der Waals surface area contributed by atoms with Gasteiger partial charge in [-0.05, 0) is 56.2 Å². The Balaban J connectivity index is 1.58. The van der Waals surface area contributed by atoms with Crippen molar-refractivity contribution < 1.29 is 19.4 Å². The summed E-state index contributed by atoms with van der Waals surface area (Å²) < 4.78 is 6.33. The van der Waals surface area contributed by atoms with E-state index in [1.165, 1.54) is 5.57 Å². The highest BCUT2D eigenvalue weighted by atomic mass is 16.5. The van der Waals surface area contributed by atoms with Gasteiger partial charge in [-0.15, -0.1) is 0 Å². The predicted octanol–water partition coefficient (Wildman–Crippen LogP) is 3.45. The SMILES string of the molecule is C[C@H]1CN([C@@H](C)CO)C(=O)c2cc(C3=CCCC3)cnc2O[C@@H]1CN(C)C(=O)NC1CCCC1. The Labute approximate surface area is 202 Å².